The van der Waals surface area contributed by atoms with Crippen molar-refractivity contribution >= 4 is 29.5 Å². The Kier molecular flexibility index (Phi) is 5.45. The zero-order chi connectivity index (χ0) is 22.0. The minimum absolute atomic E-state index is 0.171. The van der Waals surface area contributed by atoms with Gasteiger partial charge in [0.05, 0.1) is 23.9 Å². The lowest BCUT2D eigenvalue weighted by molar-refractivity contribution is -0.113. The van der Waals surface area contributed by atoms with Crippen molar-refractivity contribution in [2.75, 3.05) is 12.0 Å². The van der Waals surface area contributed by atoms with Crippen LogP contribution in [0.4, 0.5) is 10.1 Å². The molecule has 3 aromatic carbocycles. The van der Waals surface area contributed by atoms with Gasteiger partial charge in [-0.25, -0.2) is 14.2 Å². The van der Waals surface area contributed by atoms with E-state index in [2.05, 4.69) is 4.99 Å². The van der Waals surface area contributed by atoms with Gasteiger partial charge in [0.2, 0.25) is 0 Å². The third kappa shape index (κ3) is 4.00. The highest BCUT2D eigenvalue weighted by Gasteiger charge is 2.33. The lowest BCUT2D eigenvalue weighted by Gasteiger charge is -2.19. The van der Waals surface area contributed by atoms with Crippen LogP contribution in [0.1, 0.15) is 27.0 Å². The van der Waals surface area contributed by atoms with Crippen molar-refractivity contribution in [1.82, 2.24) is 0 Å². The van der Waals surface area contributed by atoms with E-state index in [4.69, 9.17) is 4.74 Å². The van der Waals surface area contributed by atoms with Crippen molar-refractivity contribution in [3.8, 4) is 0 Å². The second-order valence-corrected chi connectivity index (χ2v) is 7.03. The zero-order valence-electron chi connectivity index (χ0n) is 17.0. The third-order valence-electron chi connectivity index (χ3n) is 4.90. The Morgan fingerprint density at radius 3 is 2.32 bits per heavy atom. The Bertz CT molecular complexity index is 1210. The molecule has 6 heteroatoms. The second kappa shape index (κ2) is 8.36. The molecule has 0 N–H and O–H groups in total. The van der Waals surface area contributed by atoms with E-state index in [1.54, 1.807) is 60.7 Å². The topological polar surface area (TPSA) is 59.0 Å². The average Bonchev–Trinajstić information content (AvgIpc) is 3.10. The molecular formula is C25H19FN2O3. The van der Waals surface area contributed by atoms with Gasteiger partial charge in [0, 0.05) is 0 Å². The van der Waals surface area contributed by atoms with Crippen LogP contribution in [0.5, 0.6) is 0 Å². The van der Waals surface area contributed by atoms with Gasteiger partial charge in [-0.05, 0) is 55.0 Å². The molecule has 5 nitrogen and oxygen atoms in total. The summed E-state index contributed by atoms with van der Waals surface area (Å²) >= 11 is 0. The molecule has 0 bridgehead atoms. The molecular weight excluding hydrogens is 395 g/mol. The number of ether oxygens (including phenoxy) is 1. The summed E-state index contributed by atoms with van der Waals surface area (Å²) in [5.41, 5.74) is 3.13. The second-order valence-electron chi connectivity index (χ2n) is 7.03. The molecule has 0 radical (unpaired) electrons. The number of hydrogen-bond acceptors (Lipinski definition) is 4. The van der Waals surface area contributed by atoms with Gasteiger partial charge >= 0.3 is 5.97 Å². The number of halogens is 1. The lowest BCUT2D eigenvalue weighted by Crippen LogP contribution is -2.33. The Morgan fingerprint density at radius 2 is 1.68 bits per heavy atom. The number of carbonyl (C=O) groups is 2. The first kappa shape index (κ1) is 20.2. The Labute approximate surface area is 179 Å². The molecule has 0 saturated heterocycles. The number of carbonyl (C=O) groups excluding carboxylic acids is 2. The van der Waals surface area contributed by atoms with Crippen LogP contribution >= 0.6 is 0 Å². The predicted molar refractivity (Wildman–Crippen MR) is 117 cm³/mol. The maximum atomic E-state index is 14.5. The van der Waals surface area contributed by atoms with Crippen LogP contribution in [-0.4, -0.2) is 24.8 Å². The third-order valence-corrected chi connectivity index (χ3v) is 4.90. The number of esters is 1. The number of nitrogens with zero attached hydrogens (tertiary/aromatic N) is 2. The van der Waals surface area contributed by atoms with Crippen LogP contribution in [0.15, 0.2) is 83.5 Å². The van der Waals surface area contributed by atoms with E-state index in [1.807, 2.05) is 19.1 Å². The van der Waals surface area contributed by atoms with Crippen molar-refractivity contribution in [3.05, 3.63) is 107 Å². The normalized spacial score (nSPS) is 14.7. The number of aryl methyl sites for hydroxylation is 1. The van der Waals surface area contributed by atoms with Crippen molar-refractivity contribution in [3.63, 3.8) is 0 Å². The number of rotatable bonds is 4. The SMILES string of the molecule is COC(=O)c1ccc(/C=C2/N=C(c3ccccc3F)N(c3ccc(C)cc3)C2=O)cc1. The van der Waals surface area contributed by atoms with E-state index in [-0.39, 0.29) is 23.0 Å². The molecule has 1 aliphatic heterocycles. The van der Waals surface area contributed by atoms with E-state index in [9.17, 15) is 14.0 Å². The van der Waals surface area contributed by atoms with Crippen molar-refractivity contribution < 1.29 is 18.7 Å². The van der Waals surface area contributed by atoms with Crippen LogP contribution in [-0.2, 0) is 9.53 Å². The summed E-state index contributed by atoms with van der Waals surface area (Å²) in [4.78, 5) is 30.8. The number of benzene rings is 3. The monoisotopic (exact) mass is 414 g/mol. The standard InChI is InChI=1S/C25H19FN2O3/c1-16-7-13-19(14-8-16)28-23(20-5-3-4-6-21(20)26)27-22(24(28)29)15-17-9-11-18(12-10-17)25(30)31-2/h3-15H,1-2H3/b22-15+. The minimum atomic E-state index is -0.463. The maximum Gasteiger partial charge on any atom is 0.337 e. The van der Waals surface area contributed by atoms with Crippen LogP contribution in [0.2, 0.25) is 0 Å². The molecule has 1 aliphatic rings. The number of aliphatic imine (C=N–C) groups is 1. The van der Waals surface area contributed by atoms with Gasteiger partial charge in [-0.3, -0.25) is 9.69 Å². The van der Waals surface area contributed by atoms with Crippen LogP contribution in [0.3, 0.4) is 0 Å². The first-order valence-corrected chi connectivity index (χ1v) is 9.63. The zero-order valence-corrected chi connectivity index (χ0v) is 17.0. The molecule has 0 fully saturated rings. The highest BCUT2D eigenvalue weighted by atomic mass is 19.1. The smallest absolute Gasteiger partial charge is 0.337 e. The van der Waals surface area contributed by atoms with Gasteiger partial charge in [-0.2, -0.15) is 0 Å². The molecule has 154 valence electrons. The number of anilines is 1. The summed E-state index contributed by atoms with van der Waals surface area (Å²) in [5.74, 6) is -1.04. The van der Waals surface area contributed by atoms with Crippen molar-refractivity contribution in [2.45, 2.75) is 6.92 Å². The highest BCUT2D eigenvalue weighted by Crippen LogP contribution is 2.29. The van der Waals surface area contributed by atoms with E-state index in [1.165, 1.54) is 18.1 Å². The molecule has 0 aromatic heterocycles. The predicted octanol–water partition coefficient (Wildman–Crippen LogP) is 4.76. The van der Waals surface area contributed by atoms with Gasteiger partial charge in [-0.15, -0.1) is 0 Å². The summed E-state index contributed by atoms with van der Waals surface area (Å²) in [6.07, 6.45) is 1.61. The highest BCUT2D eigenvalue weighted by molar-refractivity contribution is 6.33. The van der Waals surface area contributed by atoms with Gasteiger partial charge in [-0.1, -0.05) is 42.0 Å². The van der Waals surface area contributed by atoms with Gasteiger partial charge in [0.25, 0.3) is 5.91 Å². The minimum Gasteiger partial charge on any atom is -0.465 e. The summed E-state index contributed by atoms with van der Waals surface area (Å²) in [7, 11) is 1.31. The van der Waals surface area contributed by atoms with Crippen molar-refractivity contribution in [2.24, 2.45) is 4.99 Å². The molecule has 31 heavy (non-hydrogen) atoms. The van der Waals surface area contributed by atoms with E-state index in [0.29, 0.717) is 16.8 Å². The average molecular weight is 414 g/mol. The summed E-state index contributed by atoms with van der Waals surface area (Å²) < 4.78 is 19.2. The first-order chi connectivity index (χ1) is 15.0. The quantitative estimate of drug-likeness (QED) is 0.457. The van der Waals surface area contributed by atoms with Crippen LogP contribution in [0, 0.1) is 12.7 Å². The largest absolute Gasteiger partial charge is 0.465 e. The molecule has 0 spiro atoms. The lowest BCUT2D eigenvalue weighted by atomic mass is 10.1. The number of amides is 1. The fourth-order valence-corrected chi connectivity index (χ4v) is 3.26. The maximum absolute atomic E-state index is 14.5. The molecule has 1 heterocycles. The fourth-order valence-electron chi connectivity index (χ4n) is 3.26. The summed E-state index contributed by atoms with van der Waals surface area (Å²) in [5, 5.41) is 0. The molecule has 4 rings (SSSR count). The number of hydrogen-bond donors (Lipinski definition) is 0. The summed E-state index contributed by atoms with van der Waals surface area (Å²) in [6.45, 7) is 1.95. The van der Waals surface area contributed by atoms with Gasteiger partial charge in [0.15, 0.2) is 5.84 Å². The van der Waals surface area contributed by atoms with E-state index < -0.39 is 11.8 Å². The fraction of sp³-hybridized carbons (Fsp3) is 0.0800. The number of amidine groups is 1. The molecule has 3 aromatic rings. The Hall–Kier alpha value is -4.06. The Morgan fingerprint density at radius 1 is 1.00 bits per heavy atom. The van der Waals surface area contributed by atoms with Gasteiger partial charge in [0.1, 0.15) is 11.5 Å². The molecule has 1 amide bonds. The van der Waals surface area contributed by atoms with Crippen LogP contribution in [0.25, 0.3) is 6.08 Å². The molecule has 0 atom stereocenters. The molecule has 0 unspecified atom stereocenters. The molecule has 0 aliphatic carbocycles. The Balaban J connectivity index is 1.78. The van der Waals surface area contributed by atoms with E-state index in [0.717, 1.165) is 5.56 Å². The number of methoxy groups -OCH3 is 1. The van der Waals surface area contributed by atoms with E-state index >= 15 is 0 Å². The summed E-state index contributed by atoms with van der Waals surface area (Å²) in [6, 6.07) is 20.2. The first-order valence-electron chi connectivity index (χ1n) is 9.63. The molecule has 0 saturated carbocycles. The van der Waals surface area contributed by atoms with Crippen LogP contribution < -0.4 is 4.90 Å². The van der Waals surface area contributed by atoms with Crippen molar-refractivity contribution in [1.29, 1.82) is 0 Å². The van der Waals surface area contributed by atoms with Gasteiger partial charge < -0.3 is 4.74 Å².